The minimum absolute atomic E-state index is 0.0598. The first-order valence-electron chi connectivity index (χ1n) is 15.3. The molecule has 0 spiro atoms. The number of benzene rings is 2. The van der Waals surface area contributed by atoms with Gasteiger partial charge in [-0.25, -0.2) is 4.39 Å². The zero-order chi connectivity index (χ0) is 32.9. The lowest BCUT2D eigenvalue weighted by molar-refractivity contribution is -0.132. The van der Waals surface area contributed by atoms with Gasteiger partial charge in [-0.2, -0.15) is 0 Å². The predicted molar refractivity (Wildman–Crippen MR) is 168 cm³/mol. The van der Waals surface area contributed by atoms with Crippen LogP contribution in [0.3, 0.4) is 0 Å². The molecule has 2 N–H and O–H groups in total. The van der Waals surface area contributed by atoms with E-state index < -0.39 is 28.7 Å². The van der Waals surface area contributed by atoms with Gasteiger partial charge in [0.25, 0.3) is 11.8 Å². The van der Waals surface area contributed by atoms with Crippen LogP contribution < -0.4 is 15.4 Å². The summed E-state index contributed by atoms with van der Waals surface area (Å²) in [6.45, 7) is 10.4. The maximum atomic E-state index is 14.6. The number of hydrogen-bond donors (Lipinski definition) is 2. The van der Waals surface area contributed by atoms with Crippen molar-refractivity contribution in [2.24, 2.45) is 0 Å². The minimum Gasteiger partial charge on any atom is -0.496 e. The standard InChI is InChI=1S/C34H44FN3O7/c1-8-21(3)28-23-14-13-22(30(39)37-33(4)19-44-20-33)17-27(23)45-29(28)31(40)38(15-16-42-6)34(5,9-2)32(41)36-18-24-25(35)11-10-12-26(24)43-7/h10-14,17,21H,8-9,15-16,18-20H2,1-7H3,(H,36,41)(H,37,39)/t21?,34-/m0/s1. The lowest BCUT2D eigenvalue weighted by atomic mass is 9.91. The number of hydrogen-bond acceptors (Lipinski definition) is 7. The molecule has 11 heteroatoms. The van der Waals surface area contributed by atoms with E-state index in [9.17, 15) is 18.8 Å². The smallest absolute Gasteiger partial charge is 0.290 e. The highest BCUT2D eigenvalue weighted by Crippen LogP contribution is 2.36. The first-order valence-corrected chi connectivity index (χ1v) is 15.3. The zero-order valence-corrected chi connectivity index (χ0v) is 27.2. The monoisotopic (exact) mass is 625 g/mol. The van der Waals surface area contributed by atoms with Gasteiger partial charge in [-0.05, 0) is 56.9 Å². The first-order chi connectivity index (χ1) is 21.4. The summed E-state index contributed by atoms with van der Waals surface area (Å²) in [4.78, 5) is 42.8. The van der Waals surface area contributed by atoms with Gasteiger partial charge in [0.15, 0.2) is 5.76 Å². The fourth-order valence-corrected chi connectivity index (χ4v) is 5.55. The molecule has 1 aromatic heterocycles. The second-order valence-electron chi connectivity index (χ2n) is 12.1. The number of rotatable bonds is 14. The van der Waals surface area contributed by atoms with Gasteiger partial charge >= 0.3 is 0 Å². The Morgan fingerprint density at radius 3 is 2.49 bits per heavy atom. The van der Waals surface area contributed by atoms with Gasteiger partial charge in [0.05, 0.1) is 32.5 Å². The lowest BCUT2D eigenvalue weighted by Crippen LogP contribution is -2.59. The molecule has 10 nitrogen and oxygen atoms in total. The lowest BCUT2D eigenvalue weighted by Gasteiger charge is -2.39. The molecule has 244 valence electrons. The number of amides is 3. The Hall–Kier alpha value is -3.96. The van der Waals surface area contributed by atoms with Gasteiger partial charge in [-0.15, -0.1) is 0 Å². The molecule has 2 heterocycles. The van der Waals surface area contributed by atoms with Crippen molar-refractivity contribution in [2.75, 3.05) is 40.6 Å². The molecule has 0 radical (unpaired) electrons. The van der Waals surface area contributed by atoms with Gasteiger partial charge in [-0.3, -0.25) is 14.4 Å². The summed E-state index contributed by atoms with van der Waals surface area (Å²) in [6.07, 6.45) is 0.984. The van der Waals surface area contributed by atoms with Crippen LogP contribution in [0.25, 0.3) is 11.0 Å². The molecule has 1 aliphatic rings. The molecule has 0 bridgehead atoms. The molecule has 1 unspecified atom stereocenters. The second kappa shape index (κ2) is 14.0. The summed E-state index contributed by atoms with van der Waals surface area (Å²) in [5, 5.41) is 6.54. The van der Waals surface area contributed by atoms with Crippen molar-refractivity contribution in [2.45, 2.75) is 71.0 Å². The molecule has 45 heavy (non-hydrogen) atoms. The quantitative estimate of drug-likeness (QED) is 0.253. The maximum Gasteiger partial charge on any atom is 0.290 e. The van der Waals surface area contributed by atoms with E-state index in [2.05, 4.69) is 10.6 Å². The minimum atomic E-state index is -1.34. The number of fused-ring (bicyclic) bond motifs is 1. The number of ether oxygens (including phenoxy) is 3. The number of methoxy groups -OCH3 is 2. The molecule has 2 atom stereocenters. The van der Waals surface area contributed by atoms with Crippen LogP contribution in [0.4, 0.5) is 4.39 Å². The first kappa shape index (κ1) is 33.9. The normalized spacial score (nSPS) is 15.9. The number of carbonyl (C=O) groups excluding carboxylic acids is 3. The van der Waals surface area contributed by atoms with E-state index in [4.69, 9.17) is 18.6 Å². The van der Waals surface area contributed by atoms with Crippen LogP contribution in [0.2, 0.25) is 0 Å². The summed E-state index contributed by atoms with van der Waals surface area (Å²) in [5.41, 5.74) is -0.0555. The van der Waals surface area contributed by atoms with Gasteiger partial charge in [-0.1, -0.05) is 32.9 Å². The number of halogens is 1. The third-order valence-corrected chi connectivity index (χ3v) is 8.81. The summed E-state index contributed by atoms with van der Waals surface area (Å²) in [5.74, 6) is -1.36. The Kier molecular flexibility index (Phi) is 10.5. The molecule has 1 saturated heterocycles. The molecule has 3 amide bonds. The maximum absolute atomic E-state index is 14.6. The highest BCUT2D eigenvalue weighted by molar-refractivity contribution is 6.04. The molecule has 2 aromatic carbocycles. The zero-order valence-electron chi connectivity index (χ0n) is 27.2. The van der Waals surface area contributed by atoms with Crippen LogP contribution in [0.15, 0.2) is 40.8 Å². The highest BCUT2D eigenvalue weighted by Gasteiger charge is 2.43. The largest absolute Gasteiger partial charge is 0.496 e. The van der Waals surface area contributed by atoms with E-state index in [1.165, 1.54) is 31.3 Å². The number of furan rings is 1. The fraction of sp³-hybridized carbons (Fsp3) is 0.500. The second-order valence-corrected chi connectivity index (χ2v) is 12.1. The molecule has 1 fully saturated rings. The molecular weight excluding hydrogens is 581 g/mol. The number of nitrogens with zero attached hydrogens (tertiary/aromatic N) is 1. The van der Waals surface area contributed by atoms with E-state index in [1.807, 2.05) is 27.7 Å². The SMILES string of the molecule is CCC(C)c1c(C(=O)N(CCOC)[C@@](C)(CC)C(=O)NCc2c(F)cccc2OC)oc2cc(C(=O)NC3(C)COC3)ccc12. The Morgan fingerprint density at radius 2 is 1.89 bits per heavy atom. The Balaban J connectivity index is 1.70. The molecule has 0 saturated carbocycles. The van der Waals surface area contributed by atoms with E-state index in [0.29, 0.717) is 35.7 Å². The average Bonchev–Trinajstić information content (AvgIpc) is 3.41. The van der Waals surface area contributed by atoms with Crippen LogP contribution in [0, 0.1) is 5.82 Å². The van der Waals surface area contributed by atoms with E-state index in [1.54, 1.807) is 31.2 Å². The molecule has 4 rings (SSSR count). The van der Waals surface area contributed by atoms with Crippen molar-refractivity contribution in [1.29, 1.82) is 0 Å². The Labute approximate surface area is 263 Å². The number of carbonyl (C=O) groups is 3. The van der Waals surface area contributed by atoms with Gasteiger partial charge in [0.1, 0.15) is 22.7 Å². The Morgan fingerprint density at radius 1 is 1.16 bits per heavy atom. The van der Waals surface area contributed by atoms with E-state index in [0.717, 1.165) is 11.8 Å². The van der Waals surface area contributed by atoms with Crippen molar-refractivity contribution < 1.29 is 37.4 Å². The molecule has 3 aromatic rings. The van der Waals surface area contributed by atoms with Crippen molar-refractivity contribution in [3.05, 3.63) is 64.7 Å². The van der Waals surface area contributed by atoms with Crippen molar-refractivity contribution in [3.8, 4) is 5.75 Å². The molecular formula is C34H44FN3O7. The highest BCUT2D eigenvalue weighted by atomic mass is 19.1. The summed E-state index contributed by atoms with van der Waals surface area (Å²) in [7, 11) is 2.95. The van der Waals surface area contributed by atoms with Crippen molar-refractivity contribution >= 4 is 28.7 Å². The topological polar surface area (TPSA) is 119 Å². The van der Waals surface area contributed by atoms with Crippen LogP contribution >= 0.6 is 0 Å². The van der Waals surface area contributed by atoms with E-state index >= 15 is 0 Å². The predicted octanol–water partition coefficient (Wildman–Crippen LogP) is 5.19. The fourth-order valence-electron chi connectivity index (χ4n) is 5.55. The summed E-state index contributed by atoms with van der Waals surface area (Å²) >= 11 is 0. The van der Waals surface area contributed by atoms with Crippen LogP contribution in [-0.2, 0) is 20.8 Å². The van der Waals surface area contributed by atoms with Crippen LogP contribution in [0.5, 0.6) is 5.75 Å². The van der Waals surface area contributed by atoms with Gasteiger partial charge < -0.3 is 34.2 Å². The average molecular weight is 626 g/mol. The van der Waals surface area contributed by atoms with Gasteiger partial charge in [0, 0.05) is 42.3 Å². The third kappa shape index (κ3) is 6.84. The Bertz CT molecular complexity index is 1550. The third-order valence-electron chi connectivity index (χ3n) is 8.81. The summed E-state index contributed by atoms with van der Waals surface area (Å²) < 4.78 is 36.8. The van der Waals surface area contributed by atoms with Crippen LogP contribution in [-0.4, -0.2) is 74.3 Å². The van der Waals surface area contributed by atoms with Gasteiger partial charge in [0.2, 0.25) is 5.91 Å². The van der Waals surface area contributed by atoms with Crippen molar-refractivity contribution in [3.63, 3.8) is 0 Å². The van der Waals surface area contributed by atoms with Crippen molar-refractivity contribution in [1.82, 2.24) is 15.5 Å². The molecule has 0 aliphatic carbocycles. The summed E-state index contributed by atoms with van der Waals surface area (Å²) in [6, 6.07) is 9.61. The molecule has 1 aliphatic heterocycles. The van der Waals surface area contributed by atoms with E-state index in [-0.39, 0.29) is 49.3 Å². The number of nitrogens with one attached hydrogen (secondary N) is 2. The van der Waals surface area contributed by atoms with Crippen LogP contribution in [0.1, 0.15) is 85.4 Å².